The van der Waals surface area contributed by atoms with Crippen molar-refractivity contribution in [1.29, 1.82) is 0 Å². The van der Waals surface area contributed by atoms with Crippen molar-refractivity contribution in [3.8, 4) is 0 Å². The number of aliphatic hydroxyl groups excluding tert-OH is 2. The summed E-state index contributed by atoms with van der Waals surface area (Å²) in [6.07, 6.45) is -0.568. The zero-order valence-electron chi connectivity index (χ0n) is 16.5. The van der Waals surface area contributed by atoms with Gasteiger partial charge in [-0.25, -0.2) is 0 Å². The van der Waals surface area contributed by atoms with Crippen molar-refractivity contribution >= 4 is 11.8 Å². The summed E-state index contributed by atoms with van der Waals surface area (Å²) in [6, 6.07) is 0. The fraction of sp³-hybridized carbons (Fsp3) is 0.889. The normalized spacial score (nSPS) is 26.9. The minimum absolute atomic E-state index is 0.0118. The van der Waals surface area contributed by atoms with Crippen molar-refractivity contribution in [2.24, 2.45) is 5.73 Å². The standard InChI is InChI=1S/C18H35N3O6/c1-14(22)21-10-5-9-20(17(24)6-7-19)8-3-4-11-27-13-15(23)18(25)16(12-21)26-2/h15-16,18,23,25H,3-13,19H2,1-2H3/t15-,16-,18-/m0/s1. The van der Waals surface area contributed by atoms with Crippen LogP contribution in [0.5, 0.6) is 0 Å². The number of nitrogens with zero attached hydrogens (tertiary/aromatic N) is 2. The van der Waals surface area contributed by atoms with Crippen LogP contribution in [0.3, 0.4) is 0 Å². The number of amides is 2. The van der Waals surface area contributed by atoms with E-state index in [9.17, 15) is 19.8 Å². The highest BCUT2D eigenvalue weighted by Crippen LogP contribution is 2.10. The minimum Gasteiger partial charge on any atom is -0.388 e. The molecule has 0 aliphatic carbocycles. The molecular weight excluding hydrogens is 354 g/mol. The van der Waals surface area contributed by atoms with Crippen molar-refractivity contribution < 1.29 is 29.3 Å². The molecular formula is C18H35N3O6. The Bertz CT molecular complexity index is 451. The van der Waals surface area contributed by atoms with Gasteiger partial charge in [0.25, 0.3) is 0 Å². The van der Waals surface area contributed by atoms with Crippen molar-refractivity contribution in [2.45, 2.75) is 50.9 Å². The number of carbonyl (C=O) groups excluding carboxylic acids is 2. The molecule has 2 amide bonds. The number of hydrogen-bond acceptors (Lipinski definition) is 7. The number of carbonyl (C=O) groups is 2. The zero-order valence-corrected chi connectivity index (χ0v) is 16.5. The lowest BCUT2D eigenvalue weighted by molar-refractivity contribution is -0.136. The van der Waals surface area contributed by atoms with E-state index in [0.29, 0.717) is 45.6 Å². The maximum atomic E-state index is 12.2. The smallest absolute Gasteiger partial charge is 0.223 e. The molecule has 0 aromatic rings. The predicted molar refractivity (Wildman–Crippen MR) is 100.0 cm³/mol. The molecule has 158 valence electrons. The highest BCUT2D eigenvalue weighted by atomic mass is 16.5. The average Bonchev–Trinajstić information content (AvgIpc) is 2.64. The van der Waals surface area contributed by atoms with Crippen LogP contribution in [0.2, 0.25) is 0 Å². The van der Waals surface area contributed by atoms with E-state index in [-0.39, 0.29) is 25.0 Å². The van der Waals surface area contributed by atoms with Crippen molar-refractivity contribution in [2.75, 3.05) is 53.0 Å². The van der Waals surface area contributed by atoms with Crippen LogP contribution in [0.1, 0.15) is 32.6 Å². The van der Waals surface area contributed by atoms with Gasteiger partial charge in [0.05, 0.1) is 6.61 Å². The quantitative estimate of drug-likeness (QED) is 0.562. The highest BCUT2D eigenvalue weighted by Gasteiger charge is 2.29. The van der Waals surface area contributed by atoms with Crippen LogP contribution >= 0.6 is 0 Å². The molecule has 0 spiro atoms. The number of hydrogen-bond donors (Lipinski definition) is 3. The van der Waals surface area contributed by atoms with Gasteiger partial charge in [-0.05, 0) is 19.3 Å². The van der Waals surface area contributed by atoms with Gasteiger partial charge in [-0.15, -0.1) is 0 Å². The molecule has 1 heterocycles. The molecule has 27 heavy (non-hydrogen) atoms. The second-order valence-corrected chi connectivity index (χ2v) is 6.85. The lowest BCUT2D eigenvalue weighted by Gasteiger charge is -2.31. The molecule has 0 aromatic carbocycles. The van der Waals surface area contributed by atoms with E-state index >= 15 is 0 Å². The van der Waals surface area contributed by atoms with Gasteiger partial charge in [-0.1, -0.05) is 0 Å². The van der Waals surface area contributed by atoms with E-state index in [1.807, 2.05) is 0 Å². The molecule has 0 unspecified atom stereocenters. The molecule has 4 N–H and O–H groups in total. The molecule has 0 radical (unpaired) electrons. The lowest BCUT2D eigenvalue weighted by Crippen LogP contribution is -2.48. The molecule has 0 bridgehead atoms. The Morgan fingerprint density at radius 2 is 1.81 bits per heavy atom. The number of ether oxygens (including phenoxy) is 2. The van der Waals surface area contributed by atoms with Gasteiger partial charge < -0.3 is 35.2 Å². The third-order valence-corrected chi connectivity index (χ3v) is 4.75. The van der Waals surface area contributed by atoms with Gasteiger partial charge >= 0.3 is 0 Å². The predicted octanol–water partition coefficient (Wildman–Crippen LogP) is -1.05. The Hall–Kier alpha value is -1.26. The van der Waals surface area contributed by atoms with Crippen LogP contribution in [0, 0.1) is 0 Å². The van der Waals surface area contributed by atoms with Crippen LogP contribution in [0.15, 0.2) is 0 Å². The molecule has 1 fully saturated rings. The van der Waals surface area contributed by atoms with Gasteiger partial charge in [0.15, 0.2) is 0 Å². The molecule has 9 heteroatoms. The average molecular weight is 389 g/mol. The van der Waals surface area contributed by atoms with Gasteiger partial charge in [0.2, 0.25) is 11.8 Å². The maximum Gasteiger partial charge on any atom is 0.223 e. The van der Waals surface area contributed by atoms with Gasteiger partial charge in [-0.3, -0.25) is 9.59 Å². The van der Waals surface area contributed by atoms with E-state index in [1.165, 1.54) is 14.0 Å². The molecule has 0 saturated carbocycles. The van der Waals surface area contributed by atoms with Crippen LogP contribution in [-0.2, 0) is 19.1 Å². The van der Waals surface area contributed by atoms with Crippen LogP contribution in [0.25, 0.3) is 0 Å². The van der Waals surface area contributed by atoms with E-state index in [2.05, 4.69) is 0 Å². The van der Waals surface area contributed by atoms with Crippen LogP contribution in [0.4, 0.5) is 0 Å². The molecule has 1 aliphatic rings. The molecule has 1 rings (SSSR count). The molecule has 1 aliphatic heterocycles. The summed E-state index contributed by atoms with van der Waals surface area (Å²) in [5.74, 6) is -0.142. The van der Waals surface area contributed by atoms with Gasteiger partial charge in [-0.2, -0.15) is 0 Å². The highest BCUT2D eigenvalue weighted by molar-refractivity contribution is 5.76. The molecule has 9 nitrogen and oxygen atoms in total. The fourth-order valence-electron chi connectivity index (χ4n) is 3.07. The molecule has 0 aromatic heterocycles. The number of nitrogens with two attached hydrogens (primary N) is 1. The van der Waals surface area contributed by atoms with Crippen molar-refractivity contribution in [3.05, 3.63) is 0 Å². The first kappa shape index (κ1) is 23.8. The Kier molecular flexibility index (Phi) is 11.5. The third-order valence-electron chi connectivity index (χ3n) is 4.75. The van der Waals surface area contributed by atoms with E-state index in [0.717, 1.165) is 12.8 Å². The first-order chi connectivity index (χ1) is 12.9. The summed E-state index contributed by atoms with van der Waals surface area (Å²) in [5, 5.41) is 20.4. The van der Waals surface area contributed by atoms with Crippen molar-refractivity contribution in [1.82, 2.24) is 9.80 Å². The van der Waals surface area contributed by atoms with E-state index in [1.54, 1.807) is 9.80 Å². The topological polar surface area (TPSA) is 126 Å². The van der Waals surface area contributed by atoms with Crippen LogP contribution in [-0.4, -0.2) is 103 Å². The number of methoxy groups -OCH3 is 1. The Morgan fingerprint density at radius 3 is 2.44 bits per heavy atom. The summed E-state index contributed by atoms with van der Waals surface area (Å²) in [5.41, 5.74) is 5.50. The fourth-order valence-corrected chi connectivity index (χ4v) is 3.07. The molecule has 3 atom stereocenters. The Balaban J connectivity index is 2.83. The second-order valence-electron chi connectivity index (χ2n) is 6.85. The number of aliphatic hydroxyl groups is 2. The monoisotopic (exact) mass is 389 g/mol. The summed E-state index contributed by atoms with van der Waals surface area (Å²) >= 11 is 0. The minimum atomic E-state index is -1.16. The van der Waals surface area contributed by atoms with Crippen molar-refractivity contribution in [3.63, 3.8) is 0 Å². The first-order valence-electron chi connectivity index (χ1n) is 9.60. The number of rotatable bonds is 3. The molecule has 1 saturated heterocycles. The summed E-state index contributed by atoms with van der Waals surface area (Å²) in [7, 11) is 1.43. The lowest BCUT2D eigenvalue weighted by atomic mass is 10.1. The Labute approximate surface area is 161 Å². The van der Waals surface area contributed by atoms with Crippen LogP contribution < -0.4 is 5.73 Å². The third kappa shape index (κ3) is 8.52. The second kappa shape index (κ2) is 13.0. The van der Waals surface area contributed by atoms with E-state index < -0.39 is 18.3 Å². The SMILES string of the molecule is CO[C@H]1CN(C(C)=O)CCCN(C(=O)CCN)CCCCOC[C@H](O)[C@@H]1O. The first-order valence-corrected chi connectivity index (χ1v) is 9.60. The Morgan fingerprint density at radius 1 is 1.15 bits per heavy atom. The largest absolute Gasteiger partial charge is 0.388 e. The zero-order chi connectivity index (χ0) is 20.2. The maximum absolute atomic E-state index is 12.2. The summed E-state index contributed by atoms with van der Waals surface area (Å²) < 4.78 is 10.7. The van der Waals surface area contributed by atoms with E-state index in [4.69, 9.17) is 15.2 Å². The summed E-state index contributed by atoms with van der Waals surface area (Å²) in [4.78, 5) is 27.6. The summed E-state index contributed by atoms with van der Waals surface area (Å²) in [6.45, 7) is 3.90. The van der Waals surface area contributed by atoms with Gasteiger partial charge in [0.1, 0.15) is 18.3 Å². The van der Waals surface area contributed by atoms with Gasteiger partial charge in [0, 0.05) is 59.8 Å².